The number of hydrogen-bond acceptors (Lipinski definition) is 11. The van der Waals surface area contributed by atoms with E-state index in [1.54, 1.807) is 31.2 Å². The average molecular weight is 784 g/mol. The van der Waals surface area contributed by atoms with Crippen molar-refractivity contribution in [3.05, 3.63) is 64.2 Å². The number of benzene rings is 2. The number of amides is 2. The van der Waals surface area contributed by atoms with Gasteiger partial charge in [0.25, 0.3) is 5.69 Å². The van der Waals surface area contributed by atoms with Crippen molar-refractivity contribution in [2.45, 2.75) is 59.1 Å². The van der Waals surface area contributed by atoms with Crippen molar-refractivity contribution < 1.29 is 47.8 Å². The minimum atomic E-state index is -0.990. The predicted molar refractivity (Wildman–Crippen MR) is 184 cm³/mol. The highest BCUT2D eigenvalue weighted by Gasteiger charge is 2.27. The monoisotopic (exact) mass is 783 g/mol. The maximum atomic E-state index is 13.0. The van der Waals surface area contributed by atoms with E-state index >= 15 is 0 Å². The number of carbonyl (C=O) groups is 5. The zero-order valence-corrected chi connectivity index (χ0v) is 29.4. The summed E-state index contributed by atoms with van der Waals surface area (Å²) in [4.78, 5) is 71.7. The number of carbonyl (C=O) groups excluding carboxylic acids is 5. The molecule has 15 heteroatoms. The molecule has 2 atom stereocenters. The summed E-state index contributed by atoms with van der Waals surface area (Å²) in [6.45, 7) is 6.47. The molecule has 0 fully saturated rings. The lowest BCUT2D eigenvalue weighted by Gasteiger charge is -2.22. The van der Waals surface area contributed by atoms with Crippen LogP contribution in [0, 0.1) is 22.0 Å². The van der Waals surface area contributed by atoms with Crippen LogP contribution >= 0.6 is 22.6 Å². The van der Waals surface area contributed by atoms with Crippen LogP contribution in [0.5, 0.6) is 5.75 Å². The lowest BCUT2D eigenvalue weighted by molar-refractivity contribution is -0.384. The first-order valence-electron chi connectivity index (χ1n) is 15.4. The zero-order valence-electron chi connectivity index (χ0n) is 27.2. The first-order valence-corrected chi connectivity index (χ1v) is 17.0. The Morgan fingerprint density at radius 2 is 1.48 bits per heavy atom. The number of ether oxygens (including phenoxy) is 4. The Morgan fingerprint density at radius 3 is 2.08 bits per heavy atom. The highest BCUT2D eigenvalue weighted by Crippen LogP contribution is 2.19. The Balaban J connectivity index is 1.70. The highest BCUT2D eigenvalue weighted by atomic mass is 127. The van der Waals surface area contributed by atoms with Gasteiger partial charge in [0.1, 0.15) is 30.0 Å². The first kappa shape index (κ1) is 40.2. The molecule has 0 unspecified atom stereocenters. The van der Waals surface area contributed by atoms with Crippen molar-refractivity contribution in [2.75, 3.05) is 36.2 Å². The van der Waals surface area contributed by atoms with E-state index < -0.39 is 34.9 Å². The summed E-state index contributed by atoms with van der Waals surface area (Å²) in [5.74, 6) is -1.45. The third kappa shape index (κ3) is 15.8. The van der Waals surface area contributed by atoms with Crippen LogP contribution in [0.4, 0.5) is 16.2 Å². The van der Waals surface area contributed by atoms with Crippen molar-refractivity contribution in [1.82, 2.24) is 5.32 Å². The smallest absolute Gasteiger partial charge is 0.429 e. The van der Waals surface area contributed by atoms with Gasteiger partial charge in [0.15, 0.2) is 0 Å². The molecule has 0 aliphatic heterocycles. The molecule has 0 aromatic heterocycles. The van der Waals surface area contributed by atoms with E-state index in [0.29, 0.717) is 48.3 Å². The third-order valence-electron chi connectivity index (χ3n) is 6.96. The summed E-state index contributed by atoms with van der Waals surface area (Å²) in [5.41, 5.74) is 0.914. The zero-order chi connectivity index (χ0) is 35.5. The fourth-order valence-electron chi connectivity index (χ4n) is 4.15. The molecule has 14 nitrogen and oxygen atoms in total. The van der Waals surface area contributed by atoms with Gasteiger partial charge in [0.2, 0.25) is 11.8 Å². The summed E-state index contributed by atoms with van der Waals surface area (Å²) >= 11 is 2.04. The van der Waals surface area contributed by atoms with Gasteiger partial charge < -0.3 is 29.6 Å². The average Bonchev–Trinajstić information content (AvgIpc) is 3.05. The van der Waals surface area contributed by atoms with Gasteiger partial charge in [-0.25, -0.2) is 4.79 Å². The van der Waals surface area contributed by atoms with E-state index in [1.165, 1.54) is 24.3 Å². The molecule has 0 bridgehead atoms. The molecule has 0 aliphatic carbocycles. The van der Waals surface area contributed by atoms with Crippen LogP contribution in [0.15, 0.2) is 48.5 Å². The molecule has 2 N–H and O–H groups in total. The van der Waals surface area contributed by atoms with Crippen molar-refractivity contribution in [2.24, 2.45) is 11.8 Å². The number of alkyl halides is 1. The molecule has 0 aliphatic rings. The van der Waals surface area contributed by atoms with Crippen molar-refractivity contribution in [1.29, 1.82) is 0 Å². The van der Waals surface area contributed by atoms with Gasteiger partial charge in [-0.15, -0.1) is 0 Å². The van der Waals surface area contributed by atoms with Gasteiger partial charge in [-0.1, -0.05) is 48.6 Å². The molecule has 0 radical (unpaired) electrons. The molecule has 48 heavy (non-hydrogen) atoms. The lowest BCUT2D eigenvalue weighted by atomic mass is 9.89. The first-order chi connectivity index (χ1) is 22.9. The summed E-state index contributed by atoms with van der Waals surface area (Å²) in [5, 5.41) is 16.1. The van der Waals surface area contributed by atoms with Gasteiger partial charge in [-0.2, -0.15) is 0 Å². The summed E-state index contributed by atoms with van der Waals surface area (Å²) < 4.78 is 21.4. The number of nitrogens with zero attached hydrogens (tertiary/aromatic N) is 1. The lowest BCUT2D eigenvalue weighted by Crippen LogP contribution is -2.45. The van der Waals surface area contributed by atoms with E-state index in [-0.39, 0.29) is 55.0 Å². The Hall–Kier alpha value is -3.96. The molecular formula is C33H42IN3O11. The number of nitro groups is 1. The molecule has 2 aromatic carbocycles. The van der Waals surface area contributed by atoms with E-state index in [1.807, 2.05) is 36.4 Å². The van der Waals surface area contributed by atoms with Crippen molar-refractivity contribution >= 4 is 63.5 Å². The molecule has 0 spiro atoms. The molecule has 262 valence electrons. The van der Waals surface area contributed by atoms with Crippen LogP contribution in [0.3, 0.4) is 0 Å². The molecule has 0 heterocycles. The van der Waals surface area contributed by atoms with Gasteiger partial charge in [0, 0.05) is 49.6 Å². The van der Waals surface area contributed by atoms with Gasteiger partial charge >= 0.3 is 6.16 Å². The summed E-state index contributed by atoms with van der Waals surface area (Å²) in [6, 6.07) is 10.6. The normalized spacial score (nSPS) is 12.1. The SMILES string of the molecule is CC(C)[C@H](CC(=O)CCOCCOCCCC(=O)CI)C(=O)N[C@@H](C)C(=O)Nc1ccc(COC(=O)Oc2ccc([N+](=O)[O-])cc2)cc1. The van der Waals surface area contributed by atoms with E-state index in [2.05, 4.69) is 10.6 Å². The third-order valence-corrected chi connectivity index (χ3v) is 7.81. The topological polar surface area (TPSA) is 189 Å². The quantitative estimate of drug-likeness (QED) is 0.0304. The standard InChI is InChI=1S/C33H42IN3O11/c1-22(2)30(19-27(38)14-16-46-18-17-45-15-4-5-28(39)20-34)32(41)35-23(3)31(40)36-25-8-6-24(7-9-25)21-47-33(42)48-29-12-10-26(11-13-29)37(43)44/h6-13,22-23,30H,4-5,14-21H2,1-3H3,(H,35,41)(H,36,40)/t23-,30-/m0/s1. The van der Waals surface area contributed by atoms with Crippen molar-refractivity contribution in [3.63, 3.8) is 0 Å². The van der Waals surface area contributed by atoms with E-state index in [0.717, 1.165) is 0 Å². The number of Topliss-reactive ketones (excluding diaryl/α,β-unsaturated/α-hetero) is 2. The van der Waals surface area contributed by atoms with Gasteiger partial charge in [-0.05, 0) is 49.1 Å². The van der Waals surface area contributed by atoms with Crippen LogP contribution in [0.25, 0.3) is 0 Å². The molecule has 2 aromatic rings. The number of anilines is 1. The highest BCUT2D eigenvalue weighted by molar-refractivity contribution is 14.1. The Kier molecular flexibility index (Phi) is 18.3. The minimum Gasteiger partial charge on any atom is -0.429 e. The van der Waals surface area contributed by atoms with Gasteiger partial charge in [0.05, 0.1) is 29.2 Å². The minimum absolute atomic E-state index is 0.0213. The number of hydrogen-bond donors (Lipinski definition) is 2. The Bertz CT molecular complexity index is 1370. The molecular weight excluding hydrogens is 741 g/mol. The molecule has 2 rings (SSSR count). The number of nitrogens with one attached hydrogen (secondary N) is 2. The van der Waals surface area contributed by atoms with E-state index in [4.69, 9.17) is 18.9 Å². The largest absolute Gasteiger partial charge is 0.514 e. The van der Waals surface area contributed by atoms with Crippen molar-refractivity contribution in [3.8, 4) is 5.75 Å². The fraction of sp³-hybridized carbons (Fsp3) is 0.485. The second kappa shape index (κ2) is 21.8. The number of halogens is 1. The molecule has 2 amide bonds. The van der Waals surface area contributed by atoms with E-state index in [9.17, 15) is 34.1 Å². The van der Waals surface area contributed by atoms with Crippen LogP contribution in [0.2, 0.25) is 0 Å². The van der Waals surface area contributed by atoms with Crippen LogP contribution in [-0.2, 0) is 40.0 Å². The maximum absolute atomic E-state index is 13.0. The van der Waals surface area contributed by atoms with Crippen LogP contribution < -0.4 is 15.4 Å². The second-order valence-electron chi connectivity index (χ2n) is 11.2. The maximum Gasteiger partial charge on any atom is 0.514 e. The van der Waals surface area contributed by atoms with Gasteiger partial charge in [-0.3, -0.25) is 29.3 Å². The predicted octanol–water partition coefficient (Wildman–Crippen LogP) is 5.19. The Morgan fingerprint density at radius 1 is 0.833 bits per heavy atom. The molecule has 0 saturated carbocycles. The number of non-ortho nitro benzene ring substituents is 1. The molecule has 0 saturated heterocycles. The Labute approximate surface area is 292 Å². The number of nitro benzene ring substituents is 1. The van der Waals surface area contributed by atoms with Crippen LogP contribution in [-0.4, -0.2) is 71.4 Å². The number of rotatable bonds is 22. The number of ketones is 2. The summed E-state index contributed by atoms with van der Waals surface area (Å²) in [6.07, 6.45) is 0.346. The fourth-order valence-corrected chi connectivity index (χ4v) is 4.53. The van der Waals surface area contributed by atoms with Crippen LogP contribution in [0.1, 0.15) is 52.0 Å². The summed E-state index contributed by atoms with van der Waals surface area (Å²) in [7, 11) is 0. The second-order valence-corrected chi connectivity index (χ2v) is 11.9.